The predicted octanol–water partition coefficient (Wildman–Crippen LogP) is 1.55. The van der Waals surface area contributed by atoms with E-state index in [2.05, 4.69) is 10.2 Å². The number of ether oxygens (including phenoxy) is 1. The highest BCUT2D eigenvalue weighted by atomic mass is 16.5. The molecular weight excluding hydrogens is 432 g/mol. The van der Waals surface area contributed by atoms with Gasteiger partial charge in [0.25, 0.3) is 5.91 Å². The van der Waals surface area contributed by atoms with Gasteiger partial charge in [-0.2, -0.15) is 0 Å². The standard InChI is InChI=1S/C26H32N4O4/c31-24(29-13-11-28(12-14-29)20-25(32)30-15-17-34-18-16-30)19-23(21-7-3-1-4-8-21)27-26(33)22-9-5-2-6-10-22/h1-10,23H,11-20H2,(H,27,33)/t23-/m0/s1. The summed E-state index contributed by atoms with van der Waals surface area (Å²) in [7, 11) is 0. The van der Waals surface area contributed by atoms with Gasteiger partial charge < -0.3 is 19.9 Å². The van der Waals surface area contributed by atoms with E-state index in [0.29, 0.717) is 64.6 Å². The maximum absolute atomic E-state index is 13.1. The lowest BCUT2D eigenvalue weighted by Crippen LogP contribution is -2.53. The predicted molar refractivity (Wildman–Crippen MR) is 128 cm³/mol. The van der Waals surface area contributed by atoms with Crippen LogP contribution in [0.1, 0.15) is 28.4 Å². The molecule has 2 aromatic rings. The Bertz CT molecular complexity index is 955. The number of hydrogen-bond donors (Lipinski definition) is 1. The molecule has 2 aliphatic heterocycles. The summed E-state index contributed by atoms with van der Waals surface area (Å²) in [5.41, 5.74) is 1.46. The fourth-order valence-corrected chi connectivity index (χ4v) is 4.33. The van der Waals surface area contributed by atoms with Crippen LogP contribution in [-0.4, -0.2) is 91.4 Å². The molecule has 2 heterocycles. The second kappa shape index (κ2) is 11.8. The molecule has 4 rings (SSSR count). The second-order valence-electron chi connectivity index (χ2n) is 8.66. The van der Waals surface area contributed by atoms with Crippen molar-refractivity contribution in [1.82, 2.24) is 20.0 Å². The van der Waals surface area contributed by atoms with Gasteiger partial charge in [-0.1, -0.05) is 48.5 Å². The van der Waals surface area contributed by atoms with Gasteiger partial charge in [0, 0.05) is 44.8 Å². The first-order valence-electron chi connectivity index (χ1n) is 11.9. The Labute approximate surface area is 200 Å². The van der Waals surface area contributed by atoms with Crippen LogP contribution in [0.15, 0.2) is 60.7 Å². The third kappa shape index (κ3) is 6.42. The van der Waals surface area contributed by atoms with Gasteiger partial charge in [0.15, 0.2) is 0 Å². The molecule has 2 aliphatic rings. The van der Waals surface area contributed by atoms with Crippen molar-refractivity contribution in [2.24, 2.45) is 0 Å². The normalized spacial score (nSPS) is 17.8. The molecule has 0 aliphatic carbocycles. The fraction of sp³-hybridized carbons (Fsp3) is 0.423. The summed E-state index contributed by atoms with van der Waals surface area (Å²) in [6.45, 7) is 5.32. The number of nitrogens with one attached hydrogen (secondary N) is 1. The molecule has 180 valence electrons. The van der Waals surface area contributed by atoms with E-state index in [1.807, 2.05) is 58.3 Å². The van der Waals surface area contributed by atoms with Crippen LogP contribution in [0, 0.1) is 0 Å². The summed E-state index contributed by atoms with van der Waals surface area (Å²) >= 11 is 0. The first kappa shape index (κ1) is 23.9. The van der Waals surface area contributed by atoms with E-state index in [-0.39, 0.29) is 24.1 Å². The number of carbonyl (C=O) groups is 3. The maximum Gasteiger partial charge on any atom is 0.251 e. The fourth-order valence-electron chi connectivity index (χ4n) is 4.33. The van der Waals surface area contributed by atoms with E-state index in [1.165, 1.54) is 0 Å². The Balaban J connectivity index is 1.32. The van der Waals surface area contributed by atoms with Gasteiger partial charge in [-0.05, 0) is 17.7 Å². The second-order valence-corrected chi connectivity index (χ2v) is 8.66. The van der Waals surface area contributed by atoms with Gasteiger partial charge in [-0.15, -0.1) is 0 Å². The SMILES string of the molecule is O=C(N[C@@H](CC(=O)N1CCN(CC(=O)N2CCOCC2)CC1)c1ccccc1)c1ccccc1. The van der Waals surface area contributed by atoms with Crippen LogP contribution >= 0.6 is 0 Å². The molecular formula is C26H32N4O4. The molecule has 34 heavy (non-hydrogen) atoms. The number of carbonyl (C=O) groups excluding carboxylic acids is 3. The van der Waals surface area contributed by atoms with Crippen LogP contribution in [-0.2, 0) is 14.3 Å². The molecule has 8 nitrogen and oxygen atoms in total. The number of benzene rings is 2. The lowest BCUT2D eigenvalue weighted by atomic mass is 10.0. The zero-order valence-electron chi connectivity index (χ0n) is 19.4. The monoisotopic (exact) mass is 464 g/mol. The third-order valence-electron chi connectivity index (χ3n) is 6.37. The van der Waals surface area contributed by atoms with E-state index in [4.69, 9.17) is 4.74 Å². The van der Waals surface area contributed by atoms with Crippen LogP contribution in [0.4, 0.5) is 0 Å². The molecule has 0 radical (unpaired) electrons. The molecule has 2 aromatic carbocycles. The maximum atomic E-state index is 13.1. The molecule has 2 saturated heterocycles. The molecule has 1 N–H and O–H groups in total. The van der Waals surface area contributed by atoms with Gasteiger partial charge in [0.1, 0.15) is 0 Å². The third-order valence-corrected chi connectivity index (χ3v) is 6.37. The van der Waals surface area contributed by atoms with Crippen LogP contribution in [0.25, 0.3) is 0 Å². The number of hydrogen-bond acceptors (Lipinski definition) is 5. The molecule has 0 spiro atoms. The molecule has 0 bridgehead atoms. The molecule has 2 fully saturated rings. The molecule has 3 amide bonds. The first-order chi connectivity index (χ1) is 16.6. The van der Waals surface area contributed by atoms with E-state index < -0.39 is 6.04 Å². The van der Waals surface area contributed by atoms with E-state index in [9.17, 15) is 14.4 Å². The van der Waals surface area contributed by atoms with Crippen molar-refractivity contribution >= 4 is 17.7 Å². The first-order valence-corrected chi connectivity index (χ1v) is 11.9. The van der Waals surface area contributed by atoms with Crippen LogP contribution in [0.2, 0.25) is 0 Å². The van der Waals surface area contributed by atoms with Crippen molar-refractivity contribution in [2.45, 2.75) is 12.5 Å². The Morgan fingerprint density at radius 2 is 1.35 bits per heavy atom. The van der Waals surface area contributed by atoms with Crippen molar-refractivity contribution < 1.29 is 19.1 Å². The van der Waals surface area contributed by atoms with E-state index in [1.54, 1.807) is 12.1 Å². The minimum absolute atomic E-state index is 0.00127. The van der Waals surface area contributed by atoms with Crippen LogP contribution in [0.3, 0.4) is 0 Å². The van der Waals surface area contributed by atoms with Crippen LogP contribution < -0.4 is 5.32 Å². The van der Waals surface area contributed by atoms with E-state index >= 15 is 0 Å². The summed E-state index contributed by atoms with van der Waals surface area (Å²) < 4.78 is 5.32. The Kier molecular flexibility index (Phi) is 8.27. The minimum Gasteiger partial charge on any atom is -0.378 e. The minimum atomic E-state index is -0.415. The highest BCUT2D eigenvalue weighted by Gasteiger charge is 2.27. The smallest absolute Gasteiger partial charge is 0.251 e. The number of morpholine rings is 1. The van der Waals surface area contributed by atoms with Gasteiger partial charge in [0.2, 0.25) is 11.8 Å². The van der Waals surface area contributed by atoms with Crippen LogP contribution in [0.5, 0.6) is 0 Å². The largest absolute Gasteiger partial charge is 0.378 e. The van der Waals surface area contributed by atoms with Gasteiger partial charge in [-0.3, -0.25) is 19.3 Å². The zero-order valence-corrected chi connectivity index (χ0v) is 19.4. The molecule has 0 aromatic heterocycles. The summed E-state index contributed by atoms with van der Waals surface area (Å²) in [5, 5.41) is 3.03. The van der Waals surface area contributed by atoms with Crippen molar-refractivity contribution in [3.8, 4) is 0 Å². The zero-order chi connectivity index (χ0) is 23.8. The number of piperazine rings is 1. The quantitative estimate of drug-likeness (QED) is 0.673. The van der Waals surface area contributed by atoms with Gasteiger partial charge >= 0.3 is 0 Å². The summed E-state index contributed by atoms with van der Waals surface area (Å²) in [6, 6.07) is 18.2. The summed E-state index contributed by atoms with van der Waals surface area (Å²) in [6.07, 6.45) is 0.190. The van der Waals surface area contributed by atoms with Gasteiger partial charge in [-0.25, -0.2) is 0 Å². The average Bonchev–Trinajstić information content (AvgIpc) is 2.90. The van der Waals surface area contributed by atoms with Gasteiger partial charge in [0.05, 0.1) is 32.2 Å². The lowest BCUT2D eigenvalue weighted by molar-refractivity contribution is -0.138. The highest BCUT2D eigenvalue weighted by Crippen LogP contribution is 2.19. The summed E-state index contributed by atoms with van der Waals surface area (Å²) in [4.78, 5) is 44.2. The molecule has 0 unspecified atom stereocenters. The topological polar surface area (TPSA) is 82.2 Å². The van der Waals surface area contributed by atoms with Crippen molar-refractivity contribution in [1.29, 1.82) is 0 Å². The highest BCUT2D eigenvalue weighted by molar-refractivity contribution is 5.94. The summed E-state index contributed by atoms with van der Waals surface area (Å²) in [5.74, 6) is -0.0779. The number of nitrogens with zero attached hydrogens (tertiary/aromatic N) is 3. The molecule has 8 heteroatoms. The molecule has 1 atom stereocenters. The van der Waals surface area contributed by atoms with Crippen molar-refractivity contribution in [2.75, 3.05) is 59.0 Å². The number of amides is 3. The van der Waals surface area contributed by atoms with Crippen molar-refractivity contribution in [3.05, 3.63) is 71.8 Å². The van der Waals surface area contributed by atoms with E-state index in [0.717, 1.165) is 5.56 Å². The lowest BCUT2D eigenvalue weighted by Gasteiger charge is -2.36. The Morgan fingerprint density at radius 1 is 0.765 bits per heavy atom. The molecule has 0 saturated carbocycles. The van der Waals surface area contributed by atoms with Crippen molar-refractivity contribution in [3.63, 3.8) is 0 Å². The number of rotatable bonds is 7. The Morgan fingerprint density at radius 3 is 2.00 bits per heavy atom. The average molecular weight is 465 g/mol. The Hall–Kier alpha value is -3.23.